The van der Waals surface area contributed by atoms with Gasteiger partial charge in [0.2, 0.25) is 11.8 Å². The van der Waals surface area contributed by atoms with E-state index in [4.69, 9.17) is 4.74 Å². The fourth-order valence-corrected chi connectivity index (χ4v) is 1.78. The number of nitrogens with one attached hydrogen (secondary N) is 2. The van der Waals surface area contributed by atoms with Gasteiger partial charge in [-0.05, 0) is 18.6 Å². The van der Waals surface area contributed by atoms with Gasteiger partial charge in [-0.2, -0.15) is 0 Å². The number of carbonyl (C=O) groups is 2. The fourth-order valence-electron chi connectivity index (χ4n) is 1.78. The zero-order valence-corrected chi connectivity index (χ0v) is 9.83. The van der Waals surface area contributed by atoms with E-state index in [1.54, 1.807) is 0 Å². The zero-order valence-electron chi connectivity index (χ0n) is 9.83. The summed E-state index contributed by atoms with van der Waals surface area (Å²) in [7, 11) is 1.37. The lowest BCUT2D eigenvalue weighted by atomic mass is 10.2. The highest BCUT2D eigenvalue weighted by molar-refractivity contribution is 5.98. The first-order chi connectivity index (χ1) is 8.60. The molecule has 1 aromatic carbocycles. The first kappa shape index (κ1) is 12.3. The first-order valence-electron chi connectivity index (χ1n) is 5.54. The summed E-state index contributed by atoms with van der Waals surface area (Å²) in [5.41, 5.74) is 0.333. The van der Waals surface area contributed by atoms with Crippen LogP contribution in [0.3, 0.4) is 0 Å². The molecular weight excluding hydrogens is 239 g/mol. The summed E-state index contributed by atoms with van der Waals surface area (Å²) < 4.78 is 18.2. The number of rotatable bonds is 3. The summed E-state index contributed by atoms with van der Waals surface area (Å²) in [5.74, 6) is -0.922. The van der Waals surface area contributed by atoms with Crippen molar-refractivity contribution in [1.82, 2.24) is 5.32 Å². The van der Waals surface area contributed by atoms with Crippen LogP contribution in [0.4, 0.5) is 10.1 Å². The molecule has 1 heterocycles. The maximum atomic E-state index is 13.4. The largest absolute Gasteiger partial charge is 0.494 e. The van der Waals surface area contributed by atoms with Crippen LogP contribution in [0.5, 0.6) is 5.75 Å². The molecule has 18 heavy (non-hydrogen) atoms. The molecule has 0 bridgehead atoms. The molecule has 6 heteroatoms. The maximum absolute atomic E-state index is 13.4. The molecule has 0 aromatic heterocycles. The van der Waals surface area contributed by atoms with E-state index in [1.807, 2.05) is 0 Å². The lowest BCUT2D eigenvalue weighted by Crippen LogP contribution is -2.37. The summed E-state index contributed by atoms with van der Waals surface area (Å²) >= 11 is 0. The molecule has 0 aliphatic carbocycles. The number of carbonyl (C=O) groups excluding carboxylic acids is 2. The van der Waals surface area contributed by atoms with Gasteiger partial charge in [0.25, 0.3) is 0 Å². The van der Waals surface area contributed by atoms with Gasteiger partial charge in [-0.1, -0.05) is 0 Å². The topological polar surface area (TPSA) is 67.4 Å². The molecule has 1 fully saturated rings. The highest BCUT2D eigenvalue weighted by Gasteiger charge is 2.27. The van der Waals surface area contributed by atoms with Gasteiger partial charge in [-0.15, -0.1) is 0 Å². The maximum Gasteiger partial charge on any atom is 0.246 e. The average molecular weight is 252 g/mol. The number of methoxy groups -OCH3 is 1. The van der Waals surface area contributed by atoms with Gasteiger partial charge in [-0.3, -0.25) is 9.59 Å². The Kier molecular flexibility index (Phi) is 3.45. The van der Waals surface area contributed by atoms with Gasteiger partial charge in [0.05, 0.1) is 7.11 Å². The molecule has 96 valence electrons. The molecule has 0 radical (unpaired) electrons. The number of halogens is 1. The third-order valence-electron chi connectivity index (χ3n) is 2.73. The van der Waals surface area contributed by atoms with Gasteiger partial charge in [0, 0.05) is 18.2 Å². The predicted octanol–water partition coefficient (Wildman–Crippen LogP) is 1.05. The van der Waals surface area contributed by atoms with Crippen LogP contribution < -0.4 is 15.4 Å². The summed E-state index contributed by atoms with van der Waals surface area (Å²) in [4.78, 5) is 22.7. The Labute approximate surface area is 103 Å². The van der Waals surface area contributed by atoms with Crippen molar-refractivity contribution in [3.63, 3.8) is 0 Å². The first-order valence-corrected chi connectivity index (χ1v) is 5.54. The summed E-state index contributed by atoms with van der Waals surface area (Å²) in [6.07, 6.45) is 0.804. The number of ether oxygens (including phenoxy) is 1. The van der Waals surface area contributed by atoms with E-state index in [1.165, 1.54) is 25.3 Å². The molecule has 2 rings (SSSR count). The Hall–Kier alpha value is -2.11. The molecule has 1 saturated heterocycles. The summed E-state index contributed by atoms with van der Waals surface area (Å²) in [5, 5.41) is 5.09. The normalized spacial score (nSPS) is 18.3. The van der Waals surface area contributed by atoms with Crippen LogP contribution in [0.1, 0.15) is 12.8 Å². The second kappa shape index (κ2) is 5.03. The molecule has 0 saturated carbocycles. The SMILES string of the molecule is COc1ccc(NC(=O)[C@@H]2CCC(=O)N2)cc1F. The Balaban J connectivity index is 2.03. The van der Waals surface area contributed by atoms with Crippen LogP contribution in [-0.2, 0) is 9.59 Å². The van der Waals surface area contributed by atoms with Crippen molar-refractivity contribution in [3.05, 3.63) is 24.0 Å². The van der Waals surface area contributed by atoms with Crippen molar-refractivity contribution >= 4 is 17.5 Å². The van der Waals surface area contributed by atoms with E-state index >= 15 is 0 Å². The standard InChI is InChI=1S/C12H13FN2O3/c1-18-10-4-2-7(6-8(10)13)14-12(17)9-3-5-11(16)15-9/h2,4,6,9H,3,5H2,1H3,(H,14,17)(H,15,16)/t9-/m0/s1. The minimum atomic E-state index is -0.550. The minimum absolute atomic E-state index is 0.113. The highest BCUT2D eigenvalue weighted by atomic mass is 19.1. The molecule has 1 aliphatic heterocycles. The fraction of sp³-hybridized carbons (Fsp3) is 0.333. The number of benzene rings is 1. The lowest BCUT2D eigenvalue weighted by molar-refractivity contribution is -0.122. The van der Waals surface area contributed by atoms with E-state index in [-0.39, 0.29) is 17.6 Å². The van der Waals surface area contributed by atoms with Crippen molar-refractivity contribution in [2.45, 2.75) is 18.9 Å². The number of anilines is 1. The molecule has 1 atom stereocenters. The van der Waals surface area contributed by atoms with Gasteiger partial charge in [0.1, 0.15) is 6.04 Å². The Morgan fingerprint density at radius 3 is 2.89 bits per heavy atom. The average Bonchev–Trinajstić information content (AvgIpc) is 2.76. The van der Waals surface area contributed by atoms with Crippen LogP contribution in [0.2, 0.25) is 0 Å². The smallest absolute Gasteiger partial charge is 0.246 e. The third-order valence-corrected chi connectivity index (χ3v) is 2.73. The van der Waals surface area contributed by atoms with Crippen molar-refractivity contribution in [1.29, 1.82) is 0 Å². The molecule has 2 N–H and O–H groups in total. The number of hydrogen-bond donors (Lipinski definition) is 2. The molecule has 0 unspecified atom stereocenters. The second-order valence-electron chi connectivity index (χ2n) is 4.00. The lowest BCUT2D eigenvalue weighted by Gasteiger charge is -2.11. The van der Waals surface area contributed by atoms with Gasteiger partial charge in [-0.25, -0.2) is 4.39 Å². The second-order valence-corrected chi connectivity index (χ2v) is 4.00. The molecule has 1 aliphatic rings. The molecule has 5 nitrogen and oxygen atoms in total. The number of amides is 2. The van der Waals surface area contributed by atoms with Crippen molar-refractivity contribution in [2.24, 2.45) is 0 Å². The molecular formula is C12H13FN2O3. The van der Waals surface area contributed by atoms with E-state index in [2.05, 4.69) is 10.6 Å². The monoisotopic (exact) mass is 252 g/mol. The van der Waals surface area contributed by atoms with E-state index in [0.717, 1.165) is 0 Å². The third kappa shape index (κ3) is 2.58. The van der Waals surface area contributed by atoms with Crippen LogP contribution >= 0.6 is 0 Å². The van der Waals surface area contributed by atoms with E-state index in [0.29, 0.717) is 18.5 Å². The Morgan fingerprint density at radius 1 is 1.56 bits per heavy atom. The summed E-state index contributed by atoms with van der Waals surface area (Å²) in [6.45, 7) is 0. The Bertz CT molecular complexity index is 490. The molecule has 2 amide bonds. The van der Waals surface area contributed by atoms with Crippen LogP contribution in [0, 0.1) is 5.82 Å². The Morgan fingerprint density at radius 2 is 2.33 bits per heavy atom. The quantitative estimate of drug-likeness (QED) is 0.845. The van der Waals surface area contributed by atoms with Crippen LogP contribution in [0.25, 0.3) is 0 Å². The minimum Gasteiger partial charge on any atom is -0.494 e. The zero-order chi connectivity index (χ0) is 13.1. The van der Waals surface area contributed by atoms with Crippen molar-refractivity contribution < 1.29 is 18.7 Å². The molecule has 1 aromatic rings. The van der Waals surface area contributed by atoms with E-state index in [9.17, 15) is 14.0 Å². The summed E-state index contributed by atoms with van der Waals surface area (Å²) in [6, 6.07) is 3.60. The molecule has 0 spiro atoms. The highest BCUT2D eigenvalue weighted by Crippen LogP contribution is 2.21. The van der Waals surface area contributed by atoms with Crippen LogP contribution in [-0.4, -0.2) is 25.0 Å². The van der Waals surface area contributed by atoms with Crippen LogP contribution in [0.15, 0.2) is 18.2 Å². The van der Waals surface area contributed by atoms with Crippen molar-refractivity contribution in [2.75, 3.05) is 12.4 Å². The van der Waals surface area contributed by atoms with E-state index < -0.39 is 11.9 Å². The van der Waals surface area contributed by atoms with Gasteiger partial charge >= 0.3 is 0 Å². The van der Waals surface area contributed by atoms with Gasteiger partial charge < -0.3 is 15.4 Å². The van der Waals surface area contributed by atoms with Crippen molar-refractivity contribution in [3.8, 4) is 5.75 Å². The predicted molar refractivity (Wildman–Crippen MR) is 62.7 cm³/mol. The van der Waals surface area contributed by atoms with Gasteiger partial charge in [0.15, 0.2) is 11.6 Å². The number of hydrogen-bond acceptors (Lipinski definition) is 3.